The van der Waals surface area contributed by atoms with E-state index in [0.29, 0.717) is 19.5 Å². The van der Waals surface area contributed by atoms with Gasteiger partial charge in [-0.2, -0.15) is 13.2 Å². The van der Waals surface area contributed by atoms with Crippen molar-refractivity contribution in [2.75, 3.05) is 26.2 Å². The topological polar surface area (TPSA) is 44.4 Å². The molecule has 29 heavy (non-hydrogen) atoms. The van der Waals surface area contributed by atoms with Crippen LogP contribution in [0, 0.1) is 0 Å². The number of hydrogen-bond donors (Lipinski definition) is 2. The summed E-state index contributed by atoms with van der Waals surface area (Å²) in [6.07, 6.45) is -2.95. The third-order valence-corrected chi connectivity index (χ3v) is 5.13. The lowest BCUT2D eigenvalue weighted by Gasteiger charge is -2.20. The van der Waals surface area contributed by atoms with E-state index in [1.807, 2.05) is 36.4 Å². The van der Waals surface area contributed by atoms with E-state index in [-0.39, 0.29) is 24.5 Å². The third-order valence-electron chi connectivity index (χ3n) is 5.13. The molecule has 156 valence electrons. The highest BCUT2D eigenvalue weighted by atomic mass is 19.4. The van der Waals surface area contributed by atoms with E-state index in [9.17, 15) is 18.0 Å². The van der Waals surface area contributed by atoms with Crippen LogP contribution in [0.25, 0.3) is 0 Å². The molecule has 0 radical (unpaired) electrons. The lowest BCUT2D eigenvalue weighted by molar-refractivity contribution is -0.143. The second-order valence-electron chi connectivity index (χ2n) is 7.40. The average Bonchev–Trinajstić information content (AvgIpc) is 3.11. The van der Waals surface area contributed by atoms with E-state index in [0.717, 1.165) is 6.42 Å². The summed E-state index contributed by atoms with van der Waals surface area (Å²) in [5, 5.41) is 5.64. The summed E-state index contributed by atoms with van der Waals surface area (Å²) in [6.45, 7) is 0.111. The fourth-order valence-corrected chi connectivity index (χ4v) is 3.81. The van der Waals surface area contributed by atoms with Gasteiger partial charge in [-0.25, -0.2) is 4.79 Å². The fraction of sp³-hybridized carbons (Fsp3) is 0.409. The van der Waals surface area contributed by atoms with Gasteiger partial charge in [-0.15, -0.1) is 0 Å². The SMILES string of the molecule is O=C(NCCC(c1ccccc1)c1ccccc1)NC1CCN(CC(F)(F)F)C1. The maximum absolute atomic E-state index is 12.5. The standard InChI is InChI=1S/C22H26F3N3O/c23-22(24,25)16-28-14-12-19(15-28)27-21(29)26-13-11-20(17-7-3-1-4-8-17)18-9-5-2-6-10-18/h1-10,19-20H,11-16H2,(H2,26,27,29). The summed E-state index contributed by atoms with van der Waals surface area (Å²) in [5.74, 6) is 0.159. The van der Waals surface area contributed by atoms with Gasteiger partial charge in [0, 0.05) is 31.6 Å². The highest BCUT2D eigenvalue weighted by Crippen LogP contribution is 2.27. The lowest BCUT2D eigenvalue weighted by atomic mass is 9.88. The number of urea groups is 1. The molecule has 0 bridgehead atoms. The van der Waals surface area contributed by atoms with Crippen LogP contribution >= 0.6 is 0 Å². The molecule has 4 nitrogen and oxygen atoms in total. The number of amides is 2. The maximum Gasteiger partial charge on any atom is 0.401 e. The number of nitrogens with one attached hydrogen (secondary N) is 2. The van der Waals surface area contributed by atoms with E-state index in [4.69, 9.17) is 0 Å². The molecule has 0 saturated carbocycles. The van der Waals surface area contributed by atoms with E-state index in [1.165, 1.54) is 16.0 Å². The second kappa shape index (κ2) is 9.78. The van der Waals surface area contributed by atoms with Crippen LogP contribution in [0.1, 0.15) is 29.9 Å². The Hall–Kier alpha value is -2.54. The number of benzene rings is 2. The van der Waals surface area contributed by atoms with Gasteiger partial charge in [0.2, 0.25) is 0 Å². The van der Waals surface area contributed by atoms with Crippen LogP contribution < -0.4 is 10.6 Å². The number of likely N-dealkylation sites (tertiary alicyclic amines) is 1. The van der Waals surface area contributed by atoms with Gasteiger partial charge in [0.25, 0.3) is 0 Å². The minimum atomic E-state index is -4.21. The van der Waals surface area contributed by atoms with Crippen molar-refractivity contribution in [3.63, 3.8) is 0 Å². The van der Waals surface area contributed by atoms with E-state index in [2.05, 4.69) is 34.9 Å². The van der Waals surface area contributed by atoms with Crippen molar-refractivity contribution < 1.29 is 18.0 Å². The zero-order valence-corrected chi connectivity index (χ0v) is 16.2. The van der Waals surface area contributed by atoms with Crippen LogP contribution in [0.3, 0.4) is 0 Å². The van der Waals surface area contributed by atoms with Gasteiger partial charge < -0.3 is 10.6 Å². The van der Waals surface area contributed by atoms with Gasteiger partial charge in [0.1, 0.15) is 0 Å². The molecule has 0 aromatic heterocycles. The van der Waals surface area contributed by atoms with Crippen molar-refractivity contribution >= 4 is 6.03 Å². The Bertz CT molecular complexity index is 728. The number of carbonyl (C=O) groups excluding carboxylic acids is 1. The molecule has 2 aromatic rings. The number of halogens is 3. The summed E-state index contributed by atoms with van der Waals surface area (Å²) in [6, 6.07) is 19.7. The number of hydrogen-bond acceptors (Lipinski definition) is 2. The summed E-state index contributed by atoms with van der Waals surface area (Å²) in [7, 11) is 0. The van der Waals surface area contributed by atoms with Gasteiger partial charge in [-0.1, -0.05) is 60.7 Å². The molecular formula is C22H26F3N3O. The monoisotopic (exact) mass is 405 g/mol. The van der Waals surface area contributed by atoms with E-state index < -0.39 is 12.7 Å². The smallest absolute Gasteiger partial charge is 0.338 e. The first-order valence-electron chi connectivity index (χ1n) is 9.84. The van der Waals surface area contributed by atoms with Gasteiger partial charge >= 0.3 is 12.2 Å². The predicted molar refractivity (Wildman–Crippen MR) is 107 cm³/mol. The third kappa shape index (κ3) is 6.78. The Balaban J connectivity index is 1.48. The number of rotatable bonds is 7. The quantitative estimate of drug-likeness (QED) is 0.727. The van der Waals surface area contributed by atoms with Crippen molar-refractivity contribution in [3.8, 4) is 0 Å². The Morgan fingerprint density at radius 1 is 1.03 bits per heavy atom. The lowest BCUT2D eigenvalue weighted by Crippen LogP contribution is -2.44. The van der Waals surface area contributed by atoms with Crippen molar-refractivity contribution in [1.29, 1.82) is 0 Å². The Labute approximate surface area is 169 Å². The molecular weight excluding hydrogens is 379 g/mol. The molecule has 1 saturated heterocycles. The Morgan fingerprint density at radius 3 is 2.17 bits per heavy atom. The van der Waals surface area contributed by atoms with Crippen molar-refractivity contribution in [1.82, 2.24) is 15.5 Å². The molecule has 2 N–H and O–H groups in total. The number of carbonyl (C=O) groups is 1. The van der Waals surface area contributed by atoms with Gasteiger partial charge in [-0.05, 0) is 24.0 Å². The molecule has 2 aromatic carbocycles. The van der Waals surface area contributed by atoms with E-state index >= 15 is 0 Å². The molecule has 1 unspecified atom stereocenters. The number of nitrogens with zero attached hydrogens (tertiary/aromatic N) is 1. The van der Waals surface area contributed by atoms with Crippen LogP contribution in [0.2, 0.25) is 0 Å². The van der Waals surface area contributed by atoms with Gasteiger partial charge in [-0.3, -0.25) is 4.90 Å². The zero-order valence-electron chi connectivity index (χ0n) is 16.2. The average molecular weight is 405 g/mol. The molecule has 2 amide bonds. The first kappa shape index (κ1) is 21.2. The highest BCUT2D eigenvalue weighted by Gasteiger charge is 2.34. The van der Waals surface area contributed by atoms with Gasteiger partial charge in [0.05, 0.1) is 6.54 Å². The minimum absolute atomic E-state index is 0.159. The van der Waals surface area contributed by atoms with Crippen molar-refractivity contribution in [2.24, 2.45) is 0 Å². The summed E-state index contributed by atoms with van der Waals surface area (Å²) in [5.41, 5.74) is 2.36. The first-order chi connectivity index (χ1) is 13.9. The highest BCUT2D eigenvalue weighted by molar-refractivity contribution is 5.74. The van der Waals surface area contributed by atoms with Crippen LogP contribution in [-0.2, 0) is 0 Å². The summed E-state index contributed by atoms with van der Waals surface area (Å²) >= 11 is 0. The van der Waals surface area contributed by atoms with Crippen molar-refractivity contribution in [3.05, 3.63) is 71.8 Å². The Kier molecular flexibility index (Phi) is 7.14. The molecule has 1 atom stereocenters. The molecule has 1 heterocycles. The fourth-order valence-electron chi connectivity index (χ4n) is 3.81. The van der Waals surface area contributed by atoms with Crippen LogP contribution in [0.4, 0.5) is 18.0 Å². The molecule has 1 aliphatic rings. The van der Waals surface area contributed by atoms with Crippen LogP contribution in [0.15, 0.2) is 60.7 Å². The first-order valence-corrected chi connectivity index (χ1v) is 9.84. The summed E-state index contributed by atoms with van der Waals surface area (Å²) < 4.78 is 37.4. The Morgan fingerprint density at radius 2 is 1.62 bits per heavy atom. The molecule has 1 fully saturated rings. The van der Waals surface area contributed by atoms with Crippen LogP contribution in [-0.4, -0.2) is 49.3 Å². The van der Waals surface area contributed by atoms with Gasteiger partial charge in [0.15, 0.2) is 0 Å². The van der Waals surface area contributed by atoms with E-state index in [1.54, 1.807) is 0 Å². The van der Waals surface area contributed by atoms with Crippen LogP contribution in [0.5, 0.6) is 0 Å². The molecule has 7 heteroatoms. The molecule has 1 aliphatic heterocycles. The minimum Gasteiger partial charge on any atom is -0.338 e. The zero-order chi connectivity index (χ0) is 20.7. The largest absolute Gasteiger partial charge is 0.401 e. The normalized spacial score (nSPS) is 17.4. The molecule has 0 aliphatic carbocycles. The number of alkyl halides is 3. The van der Waals surface area contributed by atoms with Crippen molar-refractivity contribution in [2.45, 2.75) is 31.0 Å². The summed E-state index contributed by atoms with van der Waals surface area (Å²) in [4.78, 5) is 13.5. The maximum atomic E-state index is 12.5. The second-order valence-corrected chi connectivity index (χ2v) is 7.40. The molecule has 3 rings (SSSR count). The molecule has 0 spiro atoms. The predicted octanol–water partition coefficient (Wildman–Crippen LogP) is 4.14.